The number of fused-ring (bicyclic) bond motifs is 1. The summed E-state index contributed by atoms with van der Waals surface area (Å²) >= 11 is 5.63. The SMILES string of the molecule is CN1C(=O)/C(=C/C=C/C=C2/Oc3ccccc3N2CCCS[O-])N(C=O)C1=S.[Na+]. The fraction of sp³-hybridized carbons (Fsp3) is 0.211. The van der Waals surface area contributed by atoms with Crippen LogP contribution < -0.4 is 39.2 Å². The number of anilines is 1. The standard InChI is InChI=1S/C19H19N3O4S2.Na/c1-20-18(24)15(22(13-23)19(20)27)8-3-5-10-17-21(11-6-12-28-25)14-7-2-4-9-16(14)26-17;/h2-5,7-10,13,25H,6,11-12H2,1H3;/q;+1/p-1/b5-3+,15-8-,17-10+;. The smallest absolute Gasteiger partial charge is 0.799 e. The predicted molar refractivity (Wildman–Crippen MR) is 111 cm³/mol. The van der Waals surface area contributed by atoms with Crippen molar-refractivity contribution in [2.75, 3.05) is 24.2 Å². The Hall–Kier alpha value is -1.62. The average molecular weight is 439 g/mol. The summed E-state index contributed by atoms with van der Waals surface area (Å²) in [6.07, 6.45) is 7.92. The third kappa shape index (κ3) is 5.11. The van der Waals surface area contributed by atoms with Gasteiger partial charge in [0.05, 0.1) is 5.69 Å². The van der Waals surface area contributed by atoms with E-state index in [1.807, 2.05) is 29.2 Å². The van der Waals surface area contributed by atoms with E-state index in [9.17, 15) is 14.1 Å². The molecule has 2 amide bonds. The van der Waals surface area contributed by atoms with E-state index < -0.39 is 0 Å². The number of amides is 2. The van der Waals surface area contributed by atoms with Crippen LogP contribution in [0.15, 0.2) is 60.1 Å². The van der Waals surface area contributed by atoms with Crippen LogP contribution in [0.1, 0.15) is 6.42 Å². The molecule has 0 radical (unpaired) electrons. The topological polar surface area (TPSA) is 76.2 Å². The second kappa shape index (κ2) is 11.0. The molecule has 1 fully saturated rings. The maximum atomic E-state index is 12.1. The Balaban J connectivity index is 0.00000300. The zero-order chi connectivity index (χ0) is 20.1. The van der Waals surface area contributed by atoms with E-state index in [1.54, 1.807) is 18.2 Å². The molecule has 2 aliphatic heterocycles. The molecule has 29 heavy (non-hydrogen) atoms. The number of hydrogen-bond donors (Lipinski definition) is 0. The van der Waals surface area contributed by atoms with E-state index >= 15 is 0 Å². The van der Waals surface area contributed by atoms with Crippen molar-refractivity contribution in [2.24, 2.45) is 0 Å². The fourth-order valence-electron chi connectivity index (χ4n) is 2.85. The Morgan fingerprint density at radius 2 is 1.97 bits per heavy atom. The first-order chi connectivity index (χ1) is 13.6. The largest absolute Gasteiger partial charge is 1.00 e. The van der Waals surface area contributed by atoms with Crippen LogP contribution in [0.5, 0.6) is 5.75 Å². The van der Waals surface area contributed by atoms with Gasteiger partial charge in [-0.05, 0) is 48.7 Å². The molecule has 146 valence electrons. The van der Waals surface area contributed by atoms with Gasteiger partial charge >= 0.3 is 29.6 Å². The molecule has 7 nitrogen and oxygen atoms in total. The number of nitrogens with zero attached hydrogens (tertiary/aromatic N) is 3. The second-order valence-corrected chi connectivity index (χ2v) is 6.97. The van der Waals surface area contributed by atoms with Gasteiger partial charge in [0.1, 0.15) is 5.70 Å². The monoisotopic (exact) mass is 439 g/mol. The molecule has 0 aromatic heterocycles. The van der Waals surface area contributed by atoms with Crippen LogP contribution in [0, 0.1) is 0 Å². The number of ether oxygens (including phenoxy) is 1. The van der Waals surface area contributed by atoms with Crippen LogP contribution in [-0.2, 0) is 9.59 Å². The molecule has 1 saturated heterocycles. The van der Waals surface area contributed by atoms with Crippen molar-refractivity contribution < 1.29 is 48.4 Å². The van der Waals surface area contributed by atoms with Crippen LogP contribution >= 0.6 is 24.3 Å². The molecule has 0 unspecified atom stereocenters. The Bertz CT molecular complexity index is 888. The third-order valence-electron chi connectivity index (χ3n) is 4.23. The minimum atomic E-state index is -0.337. The summed E-state index contributed by atoms with van der Waals surface area (Å²) in [5.41, 5.74) is 1.14. The first-order valence-corrected chi connectivity index (χ1v) is 9.84. The van der Waals surface area contributed by atoms with Crippen molar-refractivity contribution in [1.29, 1.82) is 0 Å². The molecule has 0 spiro atoms. The normalized spacial score (nSPS) is 18.6. The molecule has 0 bridgehead atoms. The third-order valence-corrected chi connectivity index (χ3v) is 5.16. The number of carbonyl (C=O) groups is 2. The van der Waals surface area contributed by atoms with E-state index in [2.05, 4.69) is 0 Å². The molecule has 3 rings (SSSR count). The van der Waals surface area contributed by atoms with Gasteiger partial charge in [0, 0.05) is 13.6 Å². The molecule has 1 aromatic carbocycles. The van der Waals surface area contributed by atoms with Crippen LogP contribution in [0.25, 0.3) is 0 Å². The number of rotatable bonds is 7. The van der Waals surface area contributed by atoms with Gasteiger partial charge in [0.15, 0.2) is 10.9 Å². The van der Waals surface area contributed by atoms with Gasteiger partial charge < -0.3 is 14.2 Å². The molecule has 1 aromatic rings. The quantitative estimate of drug-likeness (QED) is 0.143. The summed E-state index contributed by atoms with van der Waals surface area (Å²) in [6.45, 7) is 0.656. The Morgan fingerprint density at radius 1 is 1.24 bits per heavy atom. The number of allylic oxidation sites excluding steroid dienone is 4. The molecule has 0 saturated carbocycles. The summed E-state index contributed by atoms with van der Waals surface area (Å²) < 4.78 is 16.5. The van der Waals surface area contributed by atoms with Gasteiger partial charge in [-0.15, -0.1) is 0 Å². The number of benzene rings is 1. The van der Waals surface area contributed by atoms with Gasteiger partial charge in [0.25, 0.3) is 5.91 Å². The number of thiocarbonyl (C=S) groups is 1. The van der Waals surface area contributed by atoms with E-state index in [1.165, 1.54) is 18.0 Å². The number of para-hydroxylation sites is 2. The molecular formula is C19H18N3NaO4S2. The second-order valence-electron chi connectivity index (χ2n) is 5.96. The maximum absolute atomic E-state index is 12.1. The molecule has 10 heteroatoms. The zero-order valence-electron chi connectivity index (χ0n) is 16.1. The van der Waals surface area contributed by atoms with Crippen molar-refractivity contribution in [3.05, 3.63) is 60.1 Å². The van der Waals surface area contributed by atoms with Crippen molar-refractivity contribution in [3.63, 3.8) is 0 Å². The molecule has 0 atom stereocenters. The predicted octanol–water partition coefficient (Wildman–Crippen LogP) is -0.360. The minimum absolute atomic E-state index is 0. The molecular weight excluding hydrogens is 421 g/mol. The van der Waals surface area contributed by atoms with Gasteiger partial charge in [0.2, 0.25) is 12.3 Å². The molecule has 0 N–H and O–H groups in total. The van der Waals surface area contributed by atoms with Crippen LogP contribution in [0.2, 0.25) is 0 Å². The molecule has 2 heterocycles. The van der Waals surface area contributed by atoms with Crippen molar-refractivity contribution in [1.82, 2.24) is 9.80 Å². The van der Waals surface area contributed by atoms with E-state index in [-0.39, 0.29) is 46.3 Å². The Morgan fingerprint density at radius 3 is 2.69 bits per heavy atom. The summed E-state index contributed by atoms with van der Waals surface area (Å²) in [5.74, 6) is 1.56. The van der Waals surface area contributed by atoms with E-state index in [0.29, 0.717) is 36.6 Å². The number of likely N-dealkylation sites (N-methyl/N-ethyl adjacent to an activating group) is 1. The molecule has 0 aliphatic carbocycles. The van der Waals surface area contributed by atoms with E-state index in [4.69, 9.17) is 17.0 Å². The van der Waals surface area contributed by atoms with E-state index in [0.717, 1.165) is 22.8 Å². The summed E-state index contributed by atoms with van der Waals surface area (Å²) in [4.78, 5) is 27.7. The fourth-order valence-corrected chi connectivity index (χ4v) is 3.32. The number of hydrogen-bond acceptors (Lipinski definition) is 7. The van der Waals surface area contributed by atoms with Crippen LogP contribution in [0.3, 0.4) is 0 Å². The van der Waals surface area contributed by atoms with Crippen molar-refractivity contribution in [3.8, 4) is 5.75 Å². The Labute approximate surface area is 201 Å². The van der Waals surface area contributed by atoms with Gasteiger partial charge in [-0.3, -0.25) is 31.4 Å². The summed E-state index contributed by atoms with van der Waals surface area (Å²) in [6, 6.07) is 7.67. The maximum Gasteiger partial charge on any atom is 1.00 e. The van der Waals surface area contributed by atoms with Crippen LogP contribution in [0.4, 0.5) is 5.69 Å². The van der Waals surface area contributed by atoms with Crippen LogP contribution in [-0.4, -0.2) is 51.1 Å². The Kier molecular flexibility index (Phi) is 8.94. The van der Waals surface area contributed by atoms with Crippen molar-refractivity contribution >= 4 is 47.4 Å². The minimum Gasteiger partial charge on any atom is -0.799 e. The summed E-state index contributed by atoms with van der Waals surface area (Å²) in [7, 11) is 1.52. The first-order valence-electron chi connectivity index (χ1n) is 8.53. The number of carbonyl (C=O) groups excluding carboxylic acids is 2. The summed E-state index contributed by atoms with van der Waals surface area (Å²) in [5, 5.41) is 0.148. The zero-order valence-corrected chi connectivity index (χ0v) is 19.7. The van der Waals surface area contributed by atoms with Crippen molar-refractivity contribution in [2.45, 2.75) is 6.42 Å². The average Bonchev–Trinajstić information content (AvgIpc) is 3.15. The van der Waals surface area contributed by atoms with Gasteiger partial charge in [-0.25, -0.2) is 0 Å². The molecule has 2 aliphatic rings. The first kappa shape index (κ1) is 23.7. The van der Waals surface area contributed by atoms with Gasteiger partial charge in [-0.2, -0.15) is 0 Å². The van der Waals surface area contributed by atoms with Gasteiger partial charge in [-0.1, -0.05) is 24.3 Å².